The predicted molar refractivity (Wildman–Crippen MR) is 137 cm³/mol. The largest absolute Gasteiger partial charge is 0.490 e. The fourth-order valence-corrected chi connectivity index (χ4v) is 4.21. The zero-order valence-corrected chi connectivity index (χ0v) is 21.5. The molecule has 0 aromatic heterocycles. The first-order chi connectivity index (χ1) is 14.8. The van der Waals surface area contributed by atoms with Gasteiger partial charge in [0.25, 0.3) is 0 Å². The third kappa shape index (κ3) is 8.77. The Hall–Kier alpha value is -1.06. The van der Waals surface area contributed by atoms with Crippen molar-refractivity contribution in [3.8, 4) is 5.75 Å². The van der Waals surface area contributed by atoms with Crippen molar-refractivity contribution in [1.29, 1.82) is 0 Å². The van der Waals surface area contributed by atoms with Crippen LogP contribution in [-0.2, 0) is 16.0 Å². The second-order valence-corrected chi connectivity index (χ2v) is 8.21. The van der Waals surface area contributed by atoms with Gasteiger partial charge in [0.05, 0.1) is 18.8 Å². The molecule has 0 atom stereocenters. The van der Waals surface area contributed by atoms with Gasteiger partial charge >= 0.3 is 0 Å². The highest BCUT2D eigenvalue weighted by atomic mass is 127. The molecule has 1 N–H and O–H groups in total. The molecule has 1 aliphatic heterocycles. The van der Waals surface area contributed by atoms with E-state index in [0.29, 0.717) is 18.8 Å². The number of ether oxygens (including phenoxy) is 3. The van der Waals surface area contributed by atoms with E-state index in [9.17, 15) is 0 Å². The molecule has 2 fully saturated rings. The first kappa shape index (κ1) is 26.2. The fourth-order valence-electron chi connectivity index (χ4n) is 4.21. The first-order valence-corrected chi connectivity index (χ1v) is 11.7. The maximum absolute atomic E-state index is 6.28. The minimum Gasteiger partial charge on any atom is -0.490 e. The predicted octanol–water partition coefficient (Wildman–Crippen LogP) is 4.61. The van der Waals surface area contributed by atoms with E-state index in [1.807, 2.05) is 0 Å². The van der Waals surface area contributed by atoms with Crippen LogP contribution in [0.4, 0.5) is 0 Å². The van der Waals surface area contributed by atoms with Gasteiger partial charge in [0.15, 0.2) is 5.96 Å². The fraction of sp³-hybridized carbons (Fsp3) is 0.708. The summed E-state index contributed by atoms with van der Waals surface area (Å²) in [6.07, 6.45) is 8.66. The number of nitrogens with zero attached hydrogens (tertiary/aromatic N) is 2. The number of hydrogen-bond donors (Lipinski definition) is 1. The quantitative estimate of drug-likeness (QED) is 0.202. The molecular weight excluding hydrogens is 505 g/mol. The monoisotopic (exact) mass is 545 g/mol. The Morgan fingerprint density at radius 1 is 1.06 bits per heavy atom. The van der Waals surface area contributed by atoms with E-state index in [1.165, 1.54) is 25.7 Å². The molecule has 0 unspecified atom stereocenters. The lowest BCUT2D eigenvalue weighted by molar-refractivity contribution is 0.00990. The van der Waals surface area contributed by atoms with E-state index in [4.69, 9.17) is 19.2 Å². The standard InChI is InChI=1S/C24H39N3O3.HI/c1-3-25-24(27-15-13-21(14-16-27)29-18-8-17-28-2)26-19-20-9-4-7-12-23(20)30-22-10-5-6-11-22;/h4,7,9,12,21-22H,3,5-6,8,10-11,13-19H2,1-2H3,(H,25,26);1H. The van der Waals surface area contributed by atoms with Crippen LogP contribution in [0, 0.1) is 0 Å². The number of para-hydroxylation sites is 1. The highest BCUT2D eigenvalue weighted by Crippen LogP contribution is 2.27. The van der Waals surface area contributed by atoms with Gasteiger partial charge in [0, 0.05) is 45.5 Å². The van der Waals surface area contributed by atoms with Gasteiger partial charge in [-0.1, -0.05) is 18.2 Å². The highest BCUT2D eigenvalue weighted by molar-refractivity contribution is 14.0. The number of hydrogen-bond acceptors (Lipinski definition) is 4. The molecule has 1 aromatic carbocycles. The Morgan fingerprint density at radius 2 is 1.81 bits per heavy atom. The van der Waals surface area contributed by atoms with Gasteiger partial charge in [-0.2, -0.15) is 0 Å². The van der Waals surface area contributed by atoms with Crippen molar-refractivity contribution in [2.24, 2.45) is 4.99 Å². The average Bonchev–Trinajstić information content (AvgIpc) is 3.29. The van der Waals surface area contributed by atoms with E-state index in [2.05, 4.69) is 41.4 Å². The molecule has 1 aromatic rings. The smallest absolute Gasteiger partial charge is 0.194 e. The molecule has 1 saturated heterocycles. The number of rotatable bonds is 10. The van der Waals surface area contributed by atoms with Crippen LogP contribution in [0.5, 0.6) is 5.75 Å². The molecule has 1 heterocycles. The summed E-state index contributed by atoms with van der Waals surface area (Å²) in [4.78, 5) is 7.31. The molecule has 3 rings (SSSR count). The number of benzene rings is 1. The van der Waals surface area contributed by atoms with Crippen LogP contribution in [0.25, 0.3) is 0 Å². The molecule has 2 aliphatic rings. The zero-order valence-electron chi connectivity index (χ0n) is 19.2. The van der Waals surface area contributed by atoms with Crippen LogP contribution in [0.2, 0.25) is 0 Å². The molecule has 7 heteroatoms. The topological polar surface area (TPSA) is 55.3 Å². The van der Waals surface area contributed by atoms with Crippen LogP contribution in [-0.4, -0.2) is 63.0 Å². The lowest BCUT2D eigenvalue weighted by Crippen LogP contribution is -2.47. The molecular formula is C24H40IN3O3. The summed E-state index contributed by atoms with van der Waals surface area (Å²) in [5, 5.41) is 3.47. The second-order valence-electron chi connectivity index (χ2n) is 8.21. The van der Waals surface area contributed by atoms with Crippen LogP contribution < -0.4 is 10.1 Å². The highest BCUT2D eigenvalue weighted by Gasteiger charge is 2.22. The van der Waals surface area contributed by atoms with E-state index >= 15 is 0 Å². The Bertz CT molecular complexity index is 645. The molecule has 0 amide bonds. The molecule has 1 aliphatic carbocycles. The minimum absolute atomic E-state index is 0. The first-order valence-electron chi connectivity index (χ1n) is 11.7. The molecule has 0 spiro atoms. The summed E-state index contributed by atoms with van der Waals surface area (Å²) in [5.74, 6) is 1.98. The summed E-state index contributed by atoms with van der Waals surface area (Å²) in [6.45, 7) is 7.12. The summed E-state index contributed by atoms with van der Waals surface area (Å²) >= 11 is 0. The molecule has 6 nitrogen and oxygen atoms in total. The van der Waals surface area contributed by atoms with Crippen molar-refractivity contribution in [1.82, 2.24) is 10.2 Å². The zero-order chi connectivity index (χ0) is 21.0. The van der Waals surface area contributed by atoms with E-state index in [1.54, 1.807) is 7.11 Å². The number of guanidine groups is 1. The Labute approximate surface area is 205 Å². The number of halogens is 1. The van der Waals surface area contributed by atoms with Gasteiger partial charge in [-0.15, -0.1) is 24.0 Å². The van der Waals surface area contributed by atoms with Gasteiger partial charge in [0.2, 0.25) is 0 Å². The number of piperidine rings is 1. The molecule has 31 heavy (non-hydrogen) atoms. The molecule has 0 bridgehead atoms. The summed E-state index contributed by atoms with van der Waals surface area (Å²) in [5.41, 5.74) is 1.16. The maximum Gasteiger partial charge on any atom is 0.194 e. The van der Waals surface area contributed by atoms with Gasteiger partial charge in [-0.25, -0.2) is 4.99 Å². The summed E-state index contributed by atoms with van der Waals surface area (Å²) < 4.78 is 17.4. The van der Waals surface area contributed by atoms with Gasteiger partial charge in [0.1, 0.15) is 5.75 Å². The number of methoxy groups -OCH3 is 1. The van der Waals surface area contributed by atoms with Crippen LogP contribution in [0.15, 0.2) is 29.3 Å². The summed E-state index contributed by atoms with van der Waals surface area (Å²) in [7, 11) is 1.74. The maximum atomic E-state index is 6.28. The lowest BCUT2D eigenvalue weighted by atomic mass is 10.1. The number of aliphatic imine (C=N–C) groups is 1. The minimum atomic E-state index is 0. The van der Waals surface area contributed by atoms with Crippen molar-refractivity contribution in [3.63, 3.8) is 0 Å². The van der Waals surface area contributed by atoms with E-state index in [0.717, 1.165) is 69.4 Å². The average molecular weight is 546 g/mol. The van der Waals surface area contributed by atoms with E-state index < -0.39 is 0 Å². The normalized spacial score (nSPS) is 18.1. The van der Waals surface area contributed by atoms with Crippen LogP contribution in [0.3, 0.4) is 0 Å². The van der Waals surface area contributed by atoms with Crippen molar-refractivity contribution in [3.05, 3.63) is 29.8 Å². The lowest BCUT2D eigenvalue weighted by Gasteiger charge is -2.34. The third-order valence-electron chi connectivity index (χ3n) is 5.89. The SMILES string of the molecule is CCNC(=NCc1ccccc1OC1CCCC1)N1CCC(OCCCOC)CC1.I. The second kappa shape index (κ2) is 14.9. The summed E-state index contributed by atoms with van der Waals surface area (Å²) in [6, 6.07) is 8.35. The van der Waals surface area contributed by atoms with Crippen molar-refractivity contribution in [2.45, 2.75) is 70.6 Å². The van der Waals surface area contributed by atoms with Crippen molar-refractivity contribution in [2.75, 3.05) is 40.0 Å². The van der Waals surface area contributed by atoms with Gasteiger partial charge in [-0.05, 0) is 57.9 Å². The van der Waals surface area contributed by atoms with E-state index in [-0.39, 0.29) is 24.0 Å². The molecule has 1 saturated carbocycles. The van der Waals surface area contributed by atoms with Crippen LogP contribution in [0.1, 0.15) is 57.4 Å². The van der Waals surface area contributed by atoms with Crippen LogP contribution >= 0.6 is 24.0 Å². The number of likely N-dealkylation sites (tertiary alicyclic amines) is 1. The molecule has 0 radical (unpaired) electrons. The Balaban J connectivity index is 0.00000341. The third-order valence-corrected chi connectivity index (χ3v) is 5.89. The Kier molecular flexibility index (Phi) is 12.6. The van der Waals surface area contributed by atoms with Gasteiger partial charge < -0.3 is 24.4 Å². The van der Waals surface area contributed by atoms with Crippen molar-refractivity contribution >= 4 is 29.9 Å². The Morgan fingerprint density at radius 3 is 2.52 bits per heavy atom. The van der Waals surface area contributed by atoms with Gasteiger partial charge in [-0.3, -0.25) is 0 Å². The molecule has 176 valence electrons. The van der Waals surface area contributed by atoms with Crippen molar-refractivity contribution < 1.29 is 14.2 Å². The number of nitrogens with one attached hydrogen (secondary N) is 1.